The van der Waals surface area contributed by atoms with E-state index in [4.69, 9.17) is 10.5 Å². The SMILES string of the molecule is CCc1ccc(N)c(O)c1C(=O)N(C)C.CCc1cccc(OC)c1C(=O)N(C)C. The molecule has 0 aliphatic heterocycles. The van der Waals surface area contributed by atoms with Gasteiger partial charge in [-0.05, 0) is 36.1 Å². The Morgan fingerprint density at radius 2 is 1.40 bits per heavy atom. The molecular formula is C23H33N3O4. The molecule has 0 aliphatic rings. The number of benzene rings is 2. The summed E-state index contributed by atoms with van der Waals surface area (Å²) in [6.45, 7) is 3.96. The fourth-order valence-electron chi connectivity index (χ4n) is 2.91. The minimum atomic E-state index is -0.225. The van der Waals surface area contributed by atoms with Crippen molar-refractivity contribution < 1.29 is 19.4 Å². The van der Waals surface area contributed by atoms with E-state index < -0.39 is 0 Å². The molecule has 7 nitrogen and oxygen atoms in total. The summed E-state index contributed by atoms with van der Waals surface area (Å²) in [7, 11) is 8.36. The largest absolute Gasteiger partial charge is 0.505 e. The number of amides is 2. The van der Waals surface area contributed by atoms with Gasteiger partial charge in [0.25, 0.3) is 11.8 Å². The molecule has 2 aromatic rings. The smallest absolute Gasteiger partial charge is 0.257 e. The number of nitrogens with two attached hydrogens (primary N) is 1. The van der Waals surface area contributed by atoms with E-state index in [2.05, 4.69) is 0 Å². The first-order valence-corrected chi connectivity index (χ1v) is 9.79. The van der Waals surface area contributed by atoms with Gasteiger partial charge < -0.3 is 25.4 Å². The van der Waals surface area contributed by atoms with E-state index in [1.807, 2.05) is 32.0 Å². The summed E-state index contributed by atoms with van der Waals surface area (Å²) in [5.74, 6) is 0.294. The second kappa shape index (κ2) is 11.1. The lowest BCUT2D eigenvalue weighted by Gasteiger charge is -2.16. The third-order valence-corrected chi connectivity index (χ3v) is 4.63. The molecule has 0 radical (unpaired) electrons. The molecule has 0 saturated carbocycles. The average molecular weight is 416 g/mol. The lowest BCUT2D eigenvalue weighted by Crippen LogP contribution is -2.23. The Labute approximate surface area is 179 Å². The standard InChI is InChI=1S/C12H17NO2.C11H16N2O2/c1-5-9-7-6-8-10(15-4)11(9)12(14)13(2)3;1-4-7-5-6-8(12)10(14)9(7)11(15)13(2)3/h6-8H,5H2,1-4H3;5-6,14H,4,12H2,1-3H3. The summed E-state index contributed by atoms with van der Waals surface area (Å²) in [5, 5.41) is 9.76. The number of anilines is 1. The van der Waals surface area contributed by atoms with Gasteiger partial charge in [-0.3, -0.25) is 9.59 Å². The number of hydrogen-bond donors (Lipinski definition) is 2. The number of methoxy groups -OCH3 is 1. The van der Waals surface area contributed by atoms with Gasteiger partial charge in [0.1, 0.15) is 5.75 Å². The molecule has 0 heterocycles. The van der Waals surface area contributed by atoms with Gasteiger partial charge in [0.2, 0.25) is 0 Å². The number of carbonyl (C=O) groups excluding carboxylic acids is 2. The first-order chi connectivity index (χ1) is 14.1. The lowest BCUT2D eigenvalue weighted by atomic mass is 10.0. The summed E-state index contributed by atoms with van der Waals surface area (Å²) >= 11 is 0. The van der Waals surface area contributed by atoms with Crippen LogP contribution in [0.1, 0.15) is 45.7 Å². The second-order valence-electron chi connectivity index (χ2n) is 7.14. The minimum Gasteiger partial charge on any atom is -0.505 e. The quantitative estimate of drug-likeness (QED) is 0.577. The van der Waals surface area contributed by atoms with Crippen molar-refractivity contribution in [3.8, 4) is 11.5 Å². The number of hydrogen-bond acceptors (Lipinski definition) is 5. The maximum Gasteiger partial charge on any atom is 0.257 e. The minimum absolute atomic E-state index is 0.00991. The molecule has 0 fully saturated rings. The highest BCUT2D eigenvalue weighted by Crippen LogP contribution is 2.29. The van der Waals surface area contributed by atoms with Gasteiger partial charge in [0.15, 0.2) is 5.75 Å². The van der Waals surface area contributed by atoms with Crippen LogP contribution < -0.4 is 10.5 Å². The zero-order valence-corrected chi connectivity index (χ0v) is 18.9. The van der Waals surface area contributed by atoms with Crippen LogP contribution in [0.3, 0.4) is 0 Å². The zero-order chi connectivity index (χ0) is 23.0. The van der Waals surface area contributed by atoms with E-state index in [9.17, 15) is 14.7 Å². The van der Waals surface area contributed by atoms with Crippen LogP contribution in [0.2, 0.25) is 0 Å². The van der Waals surface area contributed by atoms with Gasteiger partial charge in [0, 0.05) is 28.2 Å². The van der Waals surface area contributed by atoms with Crippen LogP contribution in [0.25, 0.3) is 0 Å². The van der Waals surface area contributed by atoms with Gasteiger partial charge in [-0.25, -0.2) is 0 Å². The molecule has 164 valence electrons. The van der Waals surface area contributed by atoms with Crippen LogP contribution in [0.4, 0.5) is 5.69 Å². The molecule has 0 unspecified atom stereocenters. The highest BCUT2D eigenvalue weighted by molar-refractivity contribution is 6.00. The first kappa shape index (κ1) is 24.8. The maximum atomic E-state index is 11.9. The Morgan fingerprint density at radius 3 is 1.87 bits per heavy atom. The van der Waals surface area contributed by atoms with Crippen molar-refractivity contribution in [2.75, 3.05) is 41.0 Å². The highest BCUT2D eigenvalue weighted by atomic mass is 16.5. The van der Waals surface area contributed by atoms with E-state index in [1.165, 1.54) is 4.90 Å². The van der Waals surface area contributed by atoms with Crippen LogP contribution in [0.15, 0.2) is 30.3 Å². The maximum absolute atomic E-state index is 11.9. The van der Waals surface area contributed by atoms with Crippen molar-refractivity contribution >= 4 is 17.5 Å². The molecule has 3 N–H and O–H groups in total. The fourth-order valence-corrected chi connectivity index (χ4v) is 2.91. The second-order valence-corrected chi connectivity index (χ2v) is 7.14. The topological polar surface area (TPSA) is 96.1 Å². The normalized spacial score (nSPS) is 9.97. The van der Waals surface area contributed by atoms with Crippen molar-refractivity contribution in [2.45, 2.75) is 26.7 Å². The average Bonchev–Trinajstić information content (AvgIpc) is 2.74. The molecule has 30 heavy (non-hydrogen) atoms. The number of phenols is 1. The Hall–Kier alpha value is -3.22. The monoisotopic (exact) mass is 415 g/mol. The third kappa shape index (κ3) is 5.65. The summed E-state index contributed by atoms with van der Waals surface area (Å²) in [5.41, 5.74) is 8.60. The molecule has 7 heteroatoms. The van der Waals surface area contributed by atoms with Crippen molar-refractivity contribution in [2.24, 2.45) is 0 Å². The summed E-state index contributed by atoms with van der Waals surface area (Å²) < 4.78 is 5.21. The first-order valence-electron chi connectivity index (χ1n) is 9.79. The zero-order valence-electron chi connectivity index (χ0n) is 18.9. The van der Waals surface area contributed by atoms with Gasteiger partial charge in [0.05, 0.1) is 23.9 Å². The third-order valence-electron chi connectivity index (χ3n) is 4.63. The number of nitrogens with zero attached hydrogens (tertiary/aromatic N) is 2. The van der Waals surface area contributed by atoms with Crippen LogP contribution >= 0.6 is 0 Å². The molecule has 0 atom stereocenters. The molecule has 0 aromatic heterocycles. The molecule has 2 rings (SSSR count). The highest BCUT2D eigenvalue weighted by Gasteiger charge is 2.19. The molecule has 0 bridgehead atoms. The summed E-state index contributed by atoms with van der Waals surface area (Å²) in [6, 6.07) is 9.06. The molecule has 2 amide bonds. The van der Waals surface area contributed by atoms with Gasteiger partial charge in [-0.15, -0.1) is 0 Å². The molecule has 0 aliphatic carbocycles. The van der Waals surface area contributed by atoms with Crippen LogP contribution in [-0.4, -0.2) is 62.0 Å². The number of nitrogen functional groups attached to an aromatic ring is 1. The number of carbonyl (C=O) groups is 2. The van der Waals surface area contributed by atoms with E-state index in [0.29, 0.717) is 23.3 Å². The lowest BCUT2D eigenvalue weighted by molar-refractivity contribution is 0.0816. The molecule has 2 aromatic carbocycles. The number of rotatable bonds is 5. The fraction of sp³-hybridized carbons (Fsp3) is 0.391. The Morgan fingerprint density at radius 1 is 0.900 bits per heavy atom. The summed E-state index contributed by atoms with van der Waals surface area (Å²) in [4.78, 5) is 26.7. The van der Waals surface area contributed by atoms with Crippen LogP contribution in [-0.2, 0) is 12.8 Å². The summed E-state index contributed by atoms with van der Waals surface area (Å²) in [6.07, 6.45) is 1.51. The van der Waals surface area contributed by atoms with E-state index in [1.54, 1.807) is 52.3 Å². The van der Waals surface area contributed by atoms with Crippen molar-refractivity contribution in [1.82, 2.24) is 9.80 Å². The Bertz CT molecular complexity index is 870. The Balaban J connectivity index is 0.000000300. The van der Waals surface area contributed by atoms with Crippen LogP contribution in [0, 0.1) is 0 Å². The number of ether oxygens (including phenoxy) is 1. The van der Waals surface area contributed by atoms with E-state index in [0.717, 1.165) is 17.5 Å². The number of aryl methyl sites for hydroxylation is 2. The van der Waals surface area contributed by atoms with Gasteiger partial charge in [-0.1, -0.05) is 32.0 Å². The van der Waals surface area contributed by atoms with Crippen LogP contribution in [0.5, 0.6) is 11.5 Å². The van der Waals surface area contributed by atoms with E-state index >= 15 is 0 Å². The van der Waals surface area contributed by atoms with E-state index in [-0.39, 0.29) is 23.3 Å². The number of aromatic hydroxyl groups is 1. The molecular weight excluding hydrogens is 382 g/mol. The molecule has 0 spiro atoms. The van der Waals surface area contributed by atoms with Crippen molar-refractivity contribution in [1.29, 1.82) is 0 Å². The molecule has 0 saturated heterocycles. The predicted molar refractivity (Wildman–Crippen MR) is 120 cm³/mol. The van der Waals surface area contributed by atoms with Crippen molar-refractivity contribution in [3.63, 3.8) is 0 Å². The Kier molecular flexibility index (Phi) is 9.17. The van der Waals surface area contributed by atoms with Crippen molar-refractivity contribution in [3.05, 3.63) is 52.6 Å². The number of phenolic OH excluding ortho intramolecular Hbond substituents is 1. The predicted octanol–water partition coefficient (Wildman–Crippen LogP) is 3.20. The van der Waals surface area contributed by atoms with Gasteiger partial charge >= 0.3 is 0 Å². The van der Waals surface area contributed by atoms with Gasteiger partial charge in [-0.2, -0.15) is 0 Å².